The van der Waals surface area contributed by atoms with Crippen molar-refractivity contribution in [1.29, 1.82) is 0 Å². The zero-order chi connectivity index (χ0) is 19.3. The lowest BCUT2D eigenvalue weighted by Crippen LogP contribution is -2.41. The van der Waals surface area contributed by atoms with Crippen LogP contribution < -0.4 is 19.5 Å². The first-order valence-corrected chi connectivity index (χ1v) is 9.43. The fraction of sp³-hybridized carbons (Fsp3) is 0.235. The third-order valence-electron chi connectivity index (χ3n) is 3.50. The number of carbonyl (C=O) groups excluding carboxylic acids is 1. The van der Waals surface area contributed by atoms with Gasteiger partial charge in [0.25, 0.3) is 0 Å². The van der Waals surface area contributed by atoms with Gasteiger partial charge in [0.05, 0.1) is 25.2 Å². The normalized spacial score (nSPS) is 12.3. The van der Waals surface area contributed by atoms with Gasteiger partial charge >= 0.3 is 0 Å². The summed E-state index contributed by atoms with van der Waals surface area (Å²) >= 11 is 5.79. The van der Waals surface area contributed by atoms with Crippen molar-refractivity contribution in [3.8, 4) is 11.5 Å². The molecule has 0 saturated heterocycles. The fourth-order valence-corrected chi connectivity index (χ4v) is 3.47. The highest BCUT2D eigenvalue weighted by Gasteiger charge is 2.23. The van der Waals surface area contributed by atoms with E-state index in [0.29, 0.717) is 16.5 Å². The summed E-state index contributed by atoms with van der Waals surface area (Å²) in [5.74, 6) is 0.171. The van der Waals surface area contributed by atoms with Crippen LogP contribution in [-0.2, 0) is 14.8 Å². The molecule has 1 amide bonds. The average molecular weight is 399 g/mol. The van der Waals surface area contributed by atoms with Gasteiger partial charge in [-0.15, -0.1) is 0 Å². The number of methoxy groups -OCH3 is 2. The fourth-order valence-electron chi connectivity index (χ4n) is 2.12. The summed E-state index contributed by atoms with van der Waals surface area (Å²) in [6.07, 6.45) is 0. The van der Waals surface area contributed by atoms with Gasteiger partial charge in [-0.25, -0.2) is 8.42 Å². The molecule has 140 valence electrons. The van der Waals surface area contributed by atoms with Gasteiger partial charge in [-0.1, -0.05) is 11.6 Å². The van der Waals surface area contributed by atoms with Crippen molar-refractivity contribution in [2.24, 2.45) is 0 Å². The molecule has 0 spiro atoms. The van der Waals surface area contributed by atoms with Crippen LogP contribution in [0.5, 0.6) is 11.5 Å². The van der Waals surface area contributed by atoms with Crippen LogP contribution in [0.1, 0.15) is 6.92 Å². The van der Waals surface area contributed by atoms with Crippen LogP contribution in [-0.4, -0.2) is 34.6 Å². The Morgan fingerprint density at radius 1 is 1.04 bits per heavy atom. The summed E-state index contributed by atoms with van der Waals surface area (Å²) in [4.78, 5) is 12.2. The molecule has 7 nitrogen and oxygen atoms in total. The number of anilines is 1. The van der Waals surface area contributed by atoms with Crippen LogP contribution in [0.3, 0.4) is 0 Å². The molecule has 0 radical (unpaired) electrons. The average Bonchev–Trinajstić information content (AvgIpc) is 2.62. The monoisotopic (exact) mass is 398 g/mol. The molecule has 2 rings (SSSR count). The molecule has 9 heteroatoms. The smallest absolute Gasteiger partial charge is 0.242 e. The molecule has 0 bridgehead atoms. The number of hydrogen-bond donors (Lipinski definition) is 2. The maximum Gasteiger partial charge on any atom is 0.242 e. The number of carbonyl (C=O) groups is 1. The maximum atomic E-state index is 12.5. The summed E-state index contributed by atoms with van der Waals surface area (Å²) in [5, 5.41) is 3.15. The Morgan fingerprint density at radius 2 is 1.65 bits per heavy atom. The molecule has 0 aromatic heterocycles. The lowest BCUT2D eigenvalue weighted by atomic mass is 10.3. The highest BCUT2D eigenvalue weighted by molar-refractivity contribution is 7.89. The third-order valence-corrected chi connectivity index (χ3v) is 5.29. The van der Waals surface area contributed by atoms with Crippen molar-refractivity contribution >= 4 is 33.2 Å². The number of halogens is 1. The van der Waals surface area contributed by atoms with E-state index in [4.69, 9.17) is 21.1 Å². The van der Waals surface area contributed by atoms with E-state index in [1.165, 1.54) is 39.3 Å². The molecule has 0 aliphatic rings. The predicted molar refractivity (Wildman–Crippen MR) is 99.4 cm³/mol. The van der Waals surface area contributed by atoms with E-state index in [2.05, 4.69) is 10.0 Å². The Labute approximate surface area is 157 Å². The number of ether oxygens (including phenoxy) is 2. The molecule has 0 heterocycles. The Morgan fingerprint density at radius 3 is 2.23 bits per heavy atom. The Balaban J connectivity index is 2.12. The van der Waals surface area contributed by atoms with Gasteiger partial charge in [-0.05, 0) is 43.3 Å². The number of rotatable bonds is 7. The second kappa shape index (κ2) is 8.39. The van der Waals surface area contributed by atoms with Crippen molar-refractivity contribution in [1.82, 2.24) is 4.72 Å². The van der Waals surface area contributed by atoms with E-state index in [0.717, 1.165) is 0 Å². The van der Waals surface area contributed by atoms with Crippen molar-refractivity contribution in [3.05, 3.63) is 47.5 Å². The zero-order valence-corrected chi connectivity index (χ0v) is 16.0. The van der Waals surface area contributed by atoms with Crippen LogP contribution in [0.2, 0.25) is 5.02 Å². The summed E-state index contributed by atoms with van der Waals surface area (Å²) in [5.41, 5.74) is 0.511. The van der Waals surface area contributed by atoms with Gasteiger partial charge in [-0.3, -0.25) is 4.79 Å². The highest BCUT2D eigenvalue weighted by Crippen LogP contribution is 2.29. The molecule has 0 aliphatic heterocycles. The number of nitrogens with one attached hydrogen (secondary N) is 2. The van der Waals surface area contributed by atoms with Crippen molar-refractivity contribution < 1.29 is 22.7 Å². The first-order chi connectivity index (χ1) is 12.3. The van der Waals surface area contributed by atoms with Crippen LogP contribution in [0.4, 0.5) is 5.69 Å². The number of hydrogen-bond acceptors (Lipinski definition) is 5. The molecule has 2 aromatic carbocycles. The Bertz CT molecular complexity index is 885. The van der Waals surface area contributed by atoms with Crippen LogP contribution in [0, 0.1) is 0 Å². The van der Waals surface area contributed by atoms with E-state index in [9.17, 15) is 13.2 Å². The molecule has 0 saturated carbocycles. The Hall–Kier alpha value is -2.29. The zero-order valence-electron chi connectivity index (χ0n) is 14.4. The Kier molecular flexibility index (Phi) is 6.47. The van der Waals surface area contributed by atoms with Gasteiger partial charge in [0.2, 0.25) is 15.9 Å². The molecule has 2 aromatic rings. The molecular formula is C17H19ClN2O5S. The molecule has 0 fully saturated rings. The van der Waals surface area contributed by atoms with Gasteiger partial charge in [-0.2, -0.15) is 4.72 Å². The lowest BCUT2D eigenvalue weighted by Gasteiger charge is -2.15. The predicted octanol–water partition coefficient (Wildman–Crippen LogP) is 2.66. The number of sulfonamides is 1. The van der Waals surface area contributed by atoms with Gasteiger partial charge in [0.1, 0.15) is 0 Å². The summed E-state index contributed by atoms with van der Waals surface area (Å²) in [6, 6.07) is 9.66. The molecular weight excluding hydrogens is 380 g/mol. The van der Waals surface area contributed by atoms with E-state index < -0.39 is 22.0 Å². The van der Waals surface area contributed by atoms with Crippen LogP contribution >= 0.6 is 11.6 Å². The summed E-state index contributed by atoms with van der Waals surface area (Å²) < 4.78 is 37.5. The summed E-state index contributed by atoms with van der Waals surface area (Å²) in [6.45, 7) is 1.45. The number of benzene rings is 2. The minimum atomic E-state index is -3.93. The van der Waals surface area contributed by atoms with Gasteiger partial charge in [0, 0.05) is 16.8 Å². The summed E-state index contributed by atoms with van der Waals surface area (Å²) in [7, 11) is -1.07. The van der Waals surface area contributed by atoms with Crippen LogP contribution in [0.15, 0.2) is 47.4 Å². The SMILES string of the molecule is COc1ccc(S(=O)(=O)N[C@@H](C)C(=O)Nc2ccc(Cl)cc2)cc1OC. The molecule has 0 aliphatic carbocycles. The van der Waals surface area contributed by atoms with E-state index in [1.54, 1.807) is 24.3 Å². The van der Waals surface area contributed by atoms with Gasteiger partial charge in [0.15, 0.2) is 11.5 Å². The quantitative estimate of drug-likeness (QED) is 0.747. The van der Waals surface area contributed by atoms with E-state index in [1.807, 2.05) is 0 Å². The first kappa shape index (κ1) is 20.0. The second-order valence-electron chi connectivity index (χ2n) is 5.36. The van der Waals surface area contributed by atoms with Crippen molar-refractivity contribution in [2.75, 3.05) is 19.5 Å². The third kappa shape index (κ3) is 4.87. The van der Waals surface area contributed by atoms with Crippen molar-refractivity contribution in [3.63, 3.8) is 0 Å². The second-order valence-corrected chi connectivity index (χ2v) is 7.51. The van der Waals surface area contributed by atoms with E-state index in [-0.39, 0.29) is 10.6 Å². The molecule has 2 N–H and O–H groups in total. The standard InChI is InChI=1S/C17H19ClN2O5S/c1-11(17(21)19-13-6-4-12(18)5-7-13)20-26(22,23)14-8-9-15(24-2)16(10-14)25-3/h4-11,20H,1-3H3,(H,19,21)/t11-/m0/s1. The van der Waals surface area contributed by atoms with E-state index >= 15 is 0 Å². The molecule has 1 atom stereocenters. The largest absolute Gasteiger partial charge is 0.493 e. The maximum absolute atomic E-state index is 12.5. The minimum absolute atomic E-state index is 0.0405. The van der Waals surface area contributed by atoms with Crippen molar-refractivity contribution in [2.45, 2.75) is 17.9 Å². The van der Waals surface area contributed by atoms with Crippen LogP contribution in [0.25, 0.3) is 0 Å². The lowest BCUT2D eigenvalue weighted by molar-refractivity contribution is -0.117. The topological polar surface area (TPSA) is 93.7 Å². The minimum Gasteiger partial charge on any atom is -0.493 e. The molecule has 26 heavy (non-hydrogen) atoms. The van der Waals surface area contributed by atoms with Gasteiger partial charge < -0.3 is 14.8 Å². The first-order valence-electron chi connectivity index (χ1n) is 7.57. The molecule has 0 unspecified atom stereocenters. The highest BCUT2D eigenvalue weighted by atomic mass is 35.5. The number of amides is 1.